The van der Waals surface area contributed by atoms with Gasteiger partial charge in [-0.25, -0.2) is 9.97 Å². The summed E-state index contributed by atoms with van der Waals surface area (Å²) in [6.45, 7) is 3.88. The lowest BCUT2D eigenvalue weighted by Crippen LogP contribution is -2.36. The summed E-state index contributed by atoms with van der Waals surface area (Å²) in [5.74, 6) is 0. The number of rotatable bonds is 4. The van der Waals surface area contributed by atoms with Crippen LogP contribution in [0.15, 0.2) is 18.7 Å². The summed E-state index contributed by atoms with van der Waals surface area (Å²) in [6, 6.07) is 0.396. The highest BCUT2D eigenvalue weighted by Gasteiger charge is 2.21. The van der Waals surface area contributed by atoms with Crippen molar-refractivity contribution >= 4 is 0 Å². The maximum Gasteiger partial charge on any atom is 0.115 e. The van der Waals surface area contributed by atoms with Gasteiger partial charge in [-0.2, -0.15) is 0 Å². The smallest absolute Gasteiger partial charge is 0.115 e. The molecular formula is C11H17N3O. The Morgan fingerprint density at radius 2 is 2.33 bits per heavy atom. The van der Waals surface area contributed by atoms with Crippen LogP contribution in [-0.2, 0) is 11.3 Å². The van der Waals surface area contributed by atoms with Gasteiger partial charge in [-0.15, -0.1) is 0 Å². The summed E-state index contributed by atoms with van der Waals surface area (Å²) in [5, 5.41) is 3.44. The minimum atomic E-state index is 0.370. The summed E-state index contributed by atoms with van der Waals surface area (Å²) in [7, 11) is 0. The van der Waals surface area contributed by atoms with Gasteiger partial charge >= 0.3 is 0 Å². The molecule has 0 spiro atoms. The van der Waals surface area contributed by atoms with Gasteiger partial charge in [0.25, 0.3) is 0 Å². The molecule has 2 heterocycles. The van der Waals surface area contributed by atoms with Crippen LogP contribution in [0, 0.1) is 0 Å². The third-order valence-electron chi connectivity index (χ3n) is 2.76. The molecule has 0 amide bonds. The molecule has 1 aliphatic rings. The molecule has 0 aromatic carbocycles. The van der Waals surface area contributed by atoms with Gasteiger partial charge < -0.3 is 10.1 Å². The molecule has 4 nitrogen and oxygen atoms in total. The summed E-state index contributed by atoms with van der Waals surface area (Å²) in [6.07, 6.45) is 7.94. The van der Waals surface area contributed by atoms with Gasteiger partial charge in [-0.05, 0) is 19.8 Å². The van der Waals surface area contributed by atoms with Gasteiger partial charge in [0.2, 0.25) is 0 Å². The third kappa shape index (κ3) is 2.97. The van der Waals surface area contributed by atoms with Crippen LogP contribution in [0.25, 0.3) is 0 Å². The molecule has 1 aromatic heterocycles. The van der Waals surface area contributed by atoms with Gasteiger partial charge in [0.05, 0.1) is 6.10 Å². The number of hydrogen-bond acceptors (Lipinski definition) is 4. The second-order valence-corrected chi connectivity index (χ2v) is 3.97. The molecule has 1 fully saturated rings. The SMILES string of the molecule is CC(NCc1cncnc1)C1CCCO1. The second kappa shape index (κ2) is 5.19. The molecule has 1 N–H and O–H groups in total. The monoisotopic (exact) mass is 207 g/mol. The molecule has 0 aliphatic carbocycles. The van der Waals surface area contributed by atoms with E-state index in [0.29, 0.717) is 12.1 Å². The van der Waals surface area contributed by atoms with Crippen LogP contribution in [-0.4, -0.2) is 28.7 Å². The minimum Gasteiger partial charge on any atom is -0.377 e. The minimum absolute atomic E-state index is 0.370. The Labute approximate surface area is 90.1 Å². The highest BCUT2D eigenvalue weighted by atomic mass is 16.5. The van der Waals surface area contributed by atoms with Crippen molar-refractivity contribution in [3.05, 3.63) is 24.3 Å². The van der Waals surface area contributed by atoms with Crippen LogP contribution >= 0.6 is 0 Å². The first-order valence-corrected chi connectivity index (χ1v) is 5.45. The Bertz CT molecular complexity index is 285. The van der Waals surface area contributed by atoms with Gasteiger partial charge in [-0.1, -0.05) is 0 Å². The lowest BCUT2D eigenvalue weighted by Gasteiger charge is -2.19. The van der Waals surface area contributed by atoms with Crippen molar-refractivity contribution in [2.75, 3.05) is 6.61 Å². The van der Waals surface area contributed by atoms with Crippen LogP contribution in [0.5, 0.6) is 0 Å². The zero-order chi connectivity index (χ0) is 10.5. The zero-order valence-corrected chi connectivity index (χ0v) is 9.02. The van der Waals surface area contributed by atoms with Crippen molar-refractivity contribution in [1.82, 2.24) is 15.3 Å². The fraction of sp³-hybridized carbons (Fsp3) is 0.636. The lowest BCUT2D eigenvalue weighted by molar-refractivity contribution is 0.0832. The molecule has 2 atom stereocenters. The van der Waals surface area contributed by atoms with E-state index in [0.717, 1.165) is 18.7 Å². The molecule has 1 saturated heterocycles. The van der Waals surface area contributed by atoms with Crippen LogP contribution in [0.4, 0.5) is 0 Å². The van der Waals surface area contributed by atoms with Crippen molar-refractivity contribution in [1.29, 1.82) is 0 Å². The number of nitrogens with one attached hydrogen (secondary N) is 1. The van der Waals surface area contributed by atoms with Crippen LogP contribution < -0.4 is 5.32 Å². The summed E-state index contributed by atoms with van der Waals surface area (Å²) < 4.78 is 5.61. The molecular weight excluding hydrogens is 190 g/mol. The van der Waals surface area contributed by atoms with Gasteiger partial charge in [0.15, 0.2) is 0 Å². The predicted octanol–water partition coefficient (Wildman–Crippen LogP) is 1.13. The quantitative estimate of drug-likeness (QED) is 0.804. The molecule has 4 heteroatoms. The third-order valence-corrected chi connectivity index (χ3v) is 2.76. The van der Waals surface area contributed by atoms with Gasteiger partial charge in [0, 0.05) is 37.2 Å². The van der Waals surface area contributed by atoms with E-state index in [4.69, 9.17) is 4.74 Å². The number of hydrogen-bond donors (Lipinski definition) is 1. The molecule has 15 heavy (non-hydrogen) atoms. The molecule has 0 bridgehead atoms. The Balaban J connectivity index is 1.77. The highest BCUT2D eigenvalue weighted by molar-refractivity contribution is 5.01. The second-order valence-electron chi connectivity index (χ2n) is 3.97. The average Bonchev–Trinajstić information content (AvgIpc) is 2.81. The Morgan fingerprint density at radius 3 is 3.00 bits per heavy atom. The largest absolute Gasteiger partial charge is 0.377 e. The van der Waals surface area contributed by atoms with Crippen LogP contribution in [0.2, 0.25) is 0 Å². The first-order chi connectivity index (χ1) is 7.36. The van der Waals surface area contributed by atoms with E-state index in [-0.39, 0.29) is 0 Å². The normalized spacial score (nSPS) is 22.9. The van der Waals surface area contributed by atoms with Crippen molar-refractivity contribution in [2.45, 2.75) is 38.5 Å². The maximum absolute atomic E-state index is 5.61. The number of ether oxygens (including phenoxy) is 1. The number of nitrogens with zero attached hydrogens (tertiary/aromatic N) is 2. The van der Waals surface area contributed by atoms with Crippen molar-refractivity contribution in [2.24, 2.45) is 0 Å². The summed E-state index contributed by atoms with van der Waals surface area (Å²) >= 11 is 0. The van der Waals surface area contributed by atoms with E-state index >= 15 is 0 Å². The first kappa shape index (κ1) is 10.5. The maximum atomic E-state index is 5.61. The van der Waals surface area contributed by atoms with Gasteiger partial charge in [-0.3, -0.25) is 0 Å². The van der Waals surface area contributed by atoms with E-state index in [1.165, 1.54) is 12.8 Å². The molecule has 1 aromatic rings. The van der Waals surface area contributed by atoms with E-state index in [1.54, 1.807) is 6.33 Å². The predicted molar refractivity (Wildman–Crippen MR) is 57.3 cm³/mol. The molecule has 0 radical (unpaired) electrons. The molecule has 1 aliphatic heterocycles. The van der Waals surface area contributed by atoms with E-state index < -0.39 is 0 Å². The lowest BCUT2D eigenvalue weighted by atomic mass is 10.1. The van der Waals surface area contributed by atoms with Crippen LogP contribution in [0.1, 0.15) is 25.3 Å². The highest BCUT2D eigenvalue weighted by Crippen LogP contribution is 2.15. The fourth-order valence-electron chi connectivity index (χ4n) is 1.83. The average molecular weight is 207 g/mol. The van der Waals surface area contributed by atoms with Crippen molar-refractivity contribution in [3.63, 3.8) is 0 Å². The molecule has 2 unspecified atom stereocenters. The standard InChI is InChI=1S/C11H17N3O/c1-9(11-3-2-4-15-11)14-7-10-5-12-8-13-6-10/h5-6,8-9,11,14H,2-4,7H2,1H3. The summed E-state index contributed by atoms with van der Waals surface area (Å²) in [5.41, 5.74) is 1.11. The molecule has 82 valence electrons. The first-order valence-electron chi connectivity index (χ1n) is 5.45. The topological polar surface area (TPSA) is 47.0 Å². The Hall–Kier alpha value is -1.00. The fourth-order valence-corrected chi connectivity index (χ4v) is 1.83. The van der Waals surface area contributed by atoms with E-state index in [9.17, 15) is 0 Å². The molecule has 0 saturated carbocycles. The van der Waals surface area contributed by atoms with Gasteiger partial charge in [0.1, 0.15) is 6.33 Å². The molecule has 2 rings (SSSR count). The zero-order valence-electron chi connectivity index (χ0n) is 9.02. The Kier molecular flexibility index (Phi) is 3.64. The van der Waals surface area contributed by atoms with Crippen molar-refractivity contribution < 1.29 is 4.74 Å². The van der Waals surface area contributed by atoms with Crippen molar-refractivity contribution in [3.8, 4) is 0 Å². The van der Waals surface area contributed by atoms with Crippen LogP contribution in [0.3, 0.4) is 0 Å². The van der Waals surface area contributed by atoms with E-state index in [2.05, 4.69) is 22.2 Å². The number of aromatic nitrogens is 2. The summed E-state index contributed by atoms with van der Waals surface area (Å²) in [4.78, 5) is 7.96. The van der Waals surface area contributed by atoms with E-state index in [1.807, 2.05) is 12.4 Å². The Morgan fingerprint density at radius 1 is 1.53 bits per heavy atom.